The molecule has 0 aliphatic carbocycles. The van der Waals surface area contributed by atoms with Crippen molar-refractivity contribution in [3.8, 4) is 11.5 Å². The van der Waals surface area contributed by atoms with Crippen molar-refractivity contribution in [3.63, 3.8) is 0 Å². The fourth-order valence-electron chi connectivity index (χ4n) is 6.80. The molecule has 0 spiro atoms. The van der Waals surface area contributed by atoms with Gasteiger partial charge < -0.3 is 25.4 Å². The number of ether oxygens (including phenoxy) is 1. The van der Waals surface area contributed by atoms with E-state index in [0.717, 1.165) is 67.3 Å². The van der Waals surface area contributed by atoms with Crippen LogP contribution in [0.15, 0.2) is 73.2 Å². The van der Waals surface area contributed by atoms with Crippen LogP contribution in [-0.2, 0) is 27.2 Å². The smallest absolute Gasteiger partial charge is 0.163 e. The van der Waals surface area contributed by atoms with Crippen LogP contribution in [0.4, 0.5) is 5.82 Å². The largest absolute Gasteiger partial charge is 0.504 e. The molecule has 0 saturated carbocycles. The fraction of sp³-hybridized carbons (Fsp3) is 0.395. The highest BCUT2D eigenvalue weighted by Gasteiger charge is 2.47. The second-order valence-corrected chi connectivity index (χ2v) is 15.6. The number of methoxy groups -OCH3 is 1. The molecular formula is C38H44N4O4S2. The van der Waals surface area contributed by atoms with Gasteiger partial charge in [-0.1, -0.05) is 71.3 Å². The molecule has 0 unspecified atom stereocenters. The summed E-state index contributed by atoms with van der Waals surface area (Å²) in [5.74, 6) is 2.56. The number of aromatic hydroxyl groups is 1. The average Bonchev–Trinajstić information content (AvgIpc) is 3.60. The molecule has 0 amide bonds. The number of hydrogen-bond donors (Lipinski definition) is 3. The van der Waals surface area contributed by atoms with Crippen molar-refractivity contribution >= 4 is 45.0 Å². The lowest BCUT2D eigenvalue weighted by atomic mass is 9.78. The molecule has 3 aliphatic rings. The maximum Gasteiger partial charge on any atom is 0.163 e. The summed E-state index contributed by atoms with van der Waals surface area (Å²) in [6.45, 7) is 4.54. The predicted octanol–water partition coefficient (Wildman–Crippen LogP) is 6.94. The number of aromatic nitrogens is 1. The van der Waals surface area contributed by atoms with E-state index in [1.54, 1.807) is 18.2 Å². The van der Waals surface area contributed by atoms with Crippen LogP contribution in [0.3, 0.4) is 0 Å². The summed E-state index contributed by atoms with van der Waals surface area (Å²) in [6.07, 6.45) is 12.7. The normalized spacial score (nSPS) is 23.8. The lowest BCUT2D eigenvalue weighted by Crippen LogP contribution is -2.49. The quantitative estimate of drug-likeness (QED) is 0.187. The molecule has 3 atom stereocenters. The van der Waals surface area contributed by atoms with E-state index in [4.69, 9.17) is 9.72 Å². The summed E-state index contributed by atoms with van der Waals surface area (Å²) in [5, 5.41) is 17.8. The van der Waals surface area contributed by atoms with Crippen molar-refractivity contribution in [2.75, 3.05) is 37.9 Å². The van der Waals surface area contributed by atoms with Gasteiger partial charge in [-0.3, -0.25) is 9.59 Å². The lowest BCUT2D eigenvalue weighted by molar-refractivity contribution is -0.124. The van der Waals surface area contributed by atoms with Crippen molar-refractivity contribution in [2.24, 2.45) is 11.8 Å². The Balaban J connectivity index is 1.47. The van der Waals surface area contributed by atoms with Gasteiger partial charge in [0.05, 0.1) is 24.9 Å². The second kappa shape index (κ2) is 15.6. The second-order valence-electron chi connectivity index (χ2n) is 12.9. The molecule has 48 heavy (non-hydrogen) atoms. The number of ketones is 2. The van der Waals surface area contributed by atoms with Gasteiger partial charge in [0.15, 0.2) is 17.3 Å². The number of allylic oxidation sites excluding steroid dienone is 1. The Hall–Kier alpha value is -3.89. The molecule has 0 radical (unpaired) electrons. The van der Waals surface area contributed by atoms with Crippen LogP contribution in [0.25, 0.3) is 6.08 Å². The number of phenolic OH excluding ortho intramolecular Hbond substituents is 1. The number of rotatable bonds is 6. The molecule has 3 aliphatic heterocycles. The maximum atomic E-state index is 12.9. The Labute approximate surface area is 291 Å². The zero-order chi connectivity index (χ0) is 33.5. The number of nitrogens with one attached hydrogen (secondary N) is 2. The number of phenols is 1. The molecule has 3 N–H and O–H groups in total. The maximum absolute atomic E-state index is 12.9. The van der Waals surface area contributed by atoms with E-state index < -0.39 is 0 Å². The minimum Gasteiger partial charge on any atom is -0.504 e. The minimum atomic E-state index is -0.308. The Morgan fingerprint density at radius 2 is 1.98 bits per heavy atom. The first-order valence-electron chi connectivity index (χ1n) is 16.7. The molecule has 252 valence electrons. The van der Waals surface area contributed by atoms with Gasteiger partial charge in [-0.25, -0.2) is 4.98 Å². The van der Waals surface area contributed by atoms with Crippen molar-refractivity contribution < 1.29 is 19.4 Å². The molecule has 2 bridgehead atoms. The Kier molecular flexibility index (Phi) is 11.0. The Bertz CT molecular complexity index is 1680. The number of pyridine rings is 1. The topological polar surface area (TPSA) is 104 Å². The third kappa shape index (κ3) is 7.87. The molecule has 1 aromatic heterocycles. The highest BCUT2D eigenvalue weighted by Crippen LogP contribution is 2.55. The van der Waals surface area contributed by atoms with Gasteiger partial charge in [0.1, 0.15) is 11.6 Å². The molecule has 3 aromatic rings. The van der Waals surface area contributed by atoms with E-state index in [1.165, 1.54) is 24.3 Å². The van der Waals surface area contributed by atoms with Gasteiger partial charge >= 0.3 is 0 Å². The van der Waals surface area contributed by atoms with Crippen LogP contribution < -0.4 is 15.4 Å². The number of hydrogen-bond acceptors (Lipinski definition) is 10. The van der Waals surface area contributed by atoms with Crippen LogP contribution in [0.5, 0.6) is 11.5 Å². The first kappa shape index (κ1) is 34.0. The highest BCUT2D eigenvalue weighted by atomic mass is 33.1. The minimum absolute atomic E-state index is 0.0258. The number of fused-ring (bicyclic) bond motifs is 2. The third-order valence-corrected chi connectivity index (χ3v) is 13.0. The number of Topliss-reactive ketones (excluding diaryl/α,β-unsaturated/α-hetero) is 1. The van der Waals surface area contributed by atoms with E-state index in [0.29, 0.717) is 24.5 Å². The van der Waals surface area contributed by atoms with Crippen molar-refractivity contribution in [1.29, 1.82) is 0 Å². The fourth-order valence-corrected chi connectivity index (χ4v) is 10.7. The lowest BCUT2D eigenvalue weighted by Gasteiger charge is -2.46. The summed E-state index contributed by atoms with van der Waals surface area (Å²) in [7, 11) is 5.36. The zero-order valence-corrected chi connectivity index (χ0v) is 29.2. The van der Waals surface area contributed by atoms with Crippen molar-refractivity contribution in [3.05, 3.63) is 101 Å². The van der Waals surface area contributed by atoms with Gasteiger partial charge in [-0.15, -0.1) is 0 Å². The van der Waals surface area contributed by atoms with Crippen molar-refractivity contribution in [1.82, 2.24) is 15.2 Å². The number of carbonyl (C=O) groups is 2. The monoisotopic (exact) mass is 684 g/mol. The van der Waals surface area contributed by atoms with Gasteiger partial charge in [-0.2, -0.15) is 0 Å². The summed E-state index contributed by atoms with van der Waals surface area (Å²) in [6, 6.07) is 16.5. The molecule has 6 rings (SSSR count). The number of carbonyl (C=O) groups excluding carboxylic acids is 2. The van der Waals surface area contributed by atoms with E-state index in [9.17, 15) is 14.7 Å². The summed E-state index contributed by atoms with van der Waals surface area (Å²) in [4.78, 5) is 33.1. The third-order valence-electron chi connectivity index (χ3n) is 9.61. The molecule has 4 heterocycles. The number of anilines is 1. The first-order chi connectivity index (χ1) is 23.4. The predicted molar refractivity (Wildman–Crippen MR) is 196 cm³/mol. The molecule has 2 aromatic carbocycles. The molecular weight excluding hydrogens is 641 g/mol. The van der Waals surface area contributed by atoms with Gasteiger partial charge in [0.2, 0.25) is 0 Å². The van der Waals surface area contributed by atoms with Crippen LogP contribution in [-0.4, -0.2) is 59.2 Å². The zero-order valence-electron chi connectivity index (χ0n) is 27.6. The van der Waals surface area contributed by atoms with E-state index >= 15 is 0 Å². The van der Waals surface area contributed by atoms with Crippen LogP contribution in [0, 0.1) is 11.8 Å². The number of benzene rings is 2. The van der Waals surface area contributed by atoms with E-state index in [-0.39, 0.29) is 34.4 Å². The van der Waals surface area contributed by atoms with E-state index in [1.807, 2.05) is 34.0 Å². The van der Waals surface area contributed by atoms with Crippen LogP contribution >= 0.6 is 21.6 Å². The standard InChI is InChI=1S/C38H44N4O4S2/c1-3-26-9-11-32(43)20-33(44)12-10-29-19-36(46-2)35(45)18-30(29)15-28-17-34-37(40-21-28)41-22-31(16-27-7-5-4-6-8-27)38(34,48-47-23-26)24-42-14-13-39-25-42/h4-8,10,12-14,17-19,21,26,31,39,45H,3,9,11,15-16,20,22-25H2,1-2H3,(H,40,41)/b12-10+/t26-,31-,38+/m1/s1. The van der Waals surface area contributed by atoms with Gasteiger partial charge in [-0.05, 0) is 71.7 Å². The Morgan fingerprint density at radius 3 is 2.75 bits per heavy atom. The summed E-state index contributed by atoms with van der Waals surface area (Å²) >= 11 is 0. The highest BCUT2D eigenvalue weighted by molar-refractivity contribution is 8.77. The average molecular weight is 685 g/mol. The first-order valence-corrected chi connectivity index (χ1v) is 19.0. The molecule has 10 heteroatoms. The van der Waals surface area contributed by atoms with E-state index in [2.05, 4.69) is 65.1 Å². The SMILES string of the molecule is CC[C@@H]1CCC(=O)CC(=O)/C=C/c2cc(OC)c(O)cc2Cc2cnc3c(c2)[C@@](CN2C=CNC2)(SSC1)[C@H](Cc1ccccc1)CN3. The molecule has 0 saturated heterocycles. The van der Waals surface area contributed by atoms with Gasteiger partial charge in [0, 0.05) is 55.3 Å². The Morgan fingerprint density at radius 1 is 1.12 bits per heavy atom. The molecule has 0 fully saturated rings. The molecule has 8 nitrogen and oxygen atoms in total. The van der Waals surface area contributed by atoms with Crippen LogP contribution in [0.2, 0.25) is 0 Å². The summed E-state index contributed by atoms with van der Waals surface area (Å²) < 4.78 is 5.10. The van der Waals surface area contributed by atoms with Crippen LogP contribution in [0.1, 0.15) is 60.4 Å². The van der Waals surface area contributed by atoms with Crippen molar-refractivity contribution in [2.45, 2.75) is 50.2 Å². The summed E-state index contributed by atoms with van der Waals surface area (Å²) in [5.41, 5.74) is 5.08. The number of nitrogens with zero attached hydrogens (tertiary/aromatic N) is 2. The van der Waals surface area contributed by atoms with Gasteiger partial charge in [0.25, 0.3) is 0 Å².